The van der Waals surface area contributed by atoms with Crippen molar-refractivity contribution in [3.05, 3.63) is 81.9 Å². The molecule has 0 saturated carbocycles. The first kappa shape index (κ1) is 19.8. The van der Waals surface area contributed by atoms with Gasteiger partial charge in [-0.05, 0) is 54.1 Å². The number of rotatable bonds is 4. The normalized spacial score (nSPS) is 15.3. The Morgan fingerprint density at radius 3 is 2.50 bits per heavy atom. The van der Waals surface area contributed by atoms with Crippen LogP contribution < -0.4 is 9.47 Å². The van der Waals surface area contributed by atoms with Gasteiger partial charge >= 0.3 is 5.97 Å². The van der Waals surface area contributed by atoms with E-state index >= 15 is 0 Å². The summed E-state index contributed by atoms with van der Waals surface area (Å²) >= 11 is 5.88. The van der Waals surface area contributed by atoms with Crippen molar-refractivity contribution in [1.82, 2.24) is 0 Å². The summed E-state index contributed by atoms with van der Waals surface area (Å²) in [7, 11) is 1.43. The number of esters is 1. The van der Waals surface area contributed by atoms with Crippen LogP contribution in [0.15, 0.2) is 54.6 Å². The van der Waals surface area contributed by atoms with E-state index in [-0.39, 0.29) is 40.8 Å². The van der Waals surface area contributed by atoms with Gasteiger partial charge in [-0.3, -0.25) is 9.59 Å². The topological polar surface area (TPSA) is 93.1 Å². The van der Waals surface area contributed by atoms with E-state index in [0.717, 1.165) is 0 Å². The van der Waals surface area contributed by atoms with Gasteiger partial charge in [0.1, 0.15) is 11.5 Å². The van der Waals surface area contributed by atoms with Crippen LogP contribution in [0, 0.1) is 0 Å². The average Bonchev–Trinajstić information content (AvgIpc) is 2.73. The number of aromatic hydroxyl groups is 2. The second-order valence-corrected chi connectivity index (χ2v) is 7.31. The summed E-state index contributed by atoms with van der Waals surface area (Å²) in [6.45, 7) is 0. The van der Waals surface area contributed by atoms with Gasteiger partial charge in [0.2, 0.25) is 0 Å². The SMILES string of the molecule is COc1ccc(C2CC(=O)Oc3ccc(C(=O)c4ccc(Cl)cc4)c(O)c32)cc1O. The van der Waals surface area contributed by atoms with E-state index in [0.29, 0.717) is 21.7 Å². The van der Waals surface area contributed by atoms with Crippen LogP contribution in [0.25, 0.3) is 0 Å². The molecule has 7 heteroatoms. The number of hydrogen-bond donors (Lipinski definition) is 2. The number of benzene rings is 3. The molecule has 1 atom stereocenters. The lowest BCUT2D eigenvalue weighted by Crippen LogP contribution is -2.22. The van der Waals surface area contributed by atoms with Crippen molar-refractivity contribution in [2.24, 2.45) is 0 Å². The van der Waals surface area contributed by atoms with Crippen LogP contribution in [0.5, 0.6) is 23.0 Å². The zero-order valence-electron chi connectivity index (χ0n) is 15.9. The third kappa shape index (κ3) is 3.46. The summed E-state index contributed by atoms with van der Waals surface area (Å²) in [6.07, 6.45) is -0.0507. The van der Waals surface area contributed by atoms with E-state index in [4.69, 9.17) is 21.1 Å². The van der Waals surface area contributed by atoms with Crippen molar-refractivity contribution in [3.8, 4) is 23.0 Å². The maximum absolute atomic E-state index is 12.9. The second-order valence-electron chi connectivity index (χ2n) is 6.87. The fourth-order valence-electron chi connectivity index (χ4n) is 3.60. The molecule has 1 unspecified atom stereocenters. The molecule has 0 saturated heterocycles. The number of phenolic OH excluding ortho intramolecular Hbond substituents is 2. The summed E-state index contributed by atoms with van der Waals surface area (Å²) in [5, 5.41) is 21.6. The number of phenols is 2. The Morgan fingerprint density at radius 1 is 1.10 bits per heavy atom. The molecule has 0 fully saturated rings. The molecule has 0 spiro atoms. The van der Waals surface area contributed by atoms with E-state index < -0.39 is 11.9 Å². The third-order valence-electron chi connectivity index (χ3n) is 5.08. The van der Waals surface area contributed by atoms with Crippen LogP contribution in [0.4, 0.5) is 0 Å². The molecule has 6 nitrogen and oxygen atoms in total. The van der Waals surface area contributed by atoms with Gasteiger partial charge in [-0.15, -0.1) is 0 Å². The summed E-state index contributed by atoms with van der Waals surface area (Å²) in [6, 6.07) is 14.0. The molecule has 3 aromatic rings. The molecular formula is C23H17ClO6. The Labute approximate surface area is 177 Å². The van der Waals surface area contributed by atoms with E-state index in [1.807, 2.05) is 0 Å². The highest BCUT2D eigenvalue weighted by atomic mass is 35.5. The quantitative estimate of drug-likeness (QED) is 0.365. The third-order valence-corrected chi connectivity index (χ3v) is 5.33. The number of methoxy groups -OCH3 is 1. The zero-order chi connectivity index (χ0) is 21.4. The standard InChI is InChI=1S/C23H17ClO6/c1-29-18-8-4-13(10-17(18)25)16-11-20(26)30-19-9-7-15(23(28)21(16)19)22(27)12-2-5-14(24)6-3-12/h2-10,16,25,28H,11H2,1H3. The van der Waals surface area contributed by atoms with Crippen LogP contribution in [-0.4, -0.2) is 29.1 Å². The summed E-state index contributed by atoms with van der Waals surface area (Å²) in [4.78, 5) is 25.1. The first-order valence-electron chi connectivity index (χ1n) is 9.12. The predicted molar refractivity (Wildman–Crippen MR) is 110 cm³/mol. The molecule has 0 aliphatic carbocycles. The lowest BCUT2D eigenvalue weighted by Gasteiger charge is -2.26. The maximum Gasteiger partial charge on any atom is 0.312 e. The number of fused-ring (bicyclic) bond motifs is 1. The minimum absolute atomic E-state index is 0.0507. The smallest absolute Gasteiger partial charge is 0.312 e. The van der Waals surface area contributed by atoms with Gasteiger partial charge in [0.05, 0.1) is 19.1 Å². The minimum Gasteiger partial charge on any atom is -0.507 e. The van der Waals surface area contributed by atoms with Gasteiger partial charge in [0, 0.05) is 22.1 Å². The molecule has 0 radical (unpaired) electrons. The highest BCUT2D eigenvalue weighted by Crippen LogP contribution is 2.46. The largest absolute Gasteiger partial charge is 0.507 e. The average molecular weight is 425 g/mol. The predicted octanol–water partition coefficient (Wildman–Crippen LogP) is 4.43. The van der Waals surface area contributed by atoms with Gasteiger partial charge in [0.15, 0.2) is 17.3 Å². The van der Waals surface area contributed by atoms with Crippen LogP contribution >= 0.6 is 11.6 Å². The van der Waals surface area contributed by atoms with Gasteiger partial charge in [0.25, 0.3) is 0 Å². The fourth-order valence-corrected chi connectivity index (χ4v) is 3.72. The number of ether oxygens (including phenoxy) is 2. The Hall–Kier alpha value is -3.51. The molecule has 3 aromatic carbocycles. The van der Waals surface area contributed by atoms with Crippen molar-refractivity contribution in [2.45, 2.75) is 12.3 Å². The number of halogens is 1. The lowest BCUT2D eigenvalue weighted by atomic mass is 9.84. The molecule has 0 aromatic heterocycles. The van der Waals surface area contributed by atoms with Crippen molar-refractivity contribution in [2.75, 3.05) is 7.11 Å². The van der Waals surface area contributed by atoms with Crippen LogP contribution in [0.3, 0.4) is 0 Å². The van der Waals surface area contributed by atoms with Gasteiger partial charge in [-0.2, -0.15) is 0 Å². The monoisotopic (exact) mass is 424 g/mol. The fraction of sp³-hybridized carbons (Fsp3) is 0.130. The second kappa shape index (κ2) is 7.72. The summed E-state index contributed by atoms with van der Waals surface area (Å²) < 4.78 is 10.3. The molecule has 1 aliphatic heterocycles. The van der Waals surface area contributed by atoms with E-state index in [9.17, 15) is 19.8 Å². The Morgan fingerprint density at radius 2 is 1.83 bits per heavy atom. The molecule has 152 valence electrons. The number of carbonyl (C=O) groups is 2. The molecule has 30 heavy (non-hydrogen) atoms. The maximum atomic E-state index is 12.9. The van der Waals surface area contributed by atoms with Crippen molar-refractivity contribution in [3.63, 3.8) is 0 Å². The van der Waals surface area contributed by atoms with Gasteiger partial charge in [-0.25, -0.2) is 0 Å². The molecule has 1 aliphatic rings. The summed E-state index contributed by atoms with van der Waals surface area (Å²) in [5.41, 5.74) is 1.34. The lowest BCUT2D eigenvalue weighted by molar-refractivity contribution is -0.135. The van der Waals surface area contributed by atoms with Crippen molar-refractivity contribution >= 4 is 23.4 Å². The van der Waals surface area contributed by atoms with Crippen molar-refractivity contribution in [1.29, 1.82) is 0 Å². The Balaban J connectivity index is 1.82. The minimum atomic E-state index is -0.601. The van der Waals surface area contributed by atoms with E-state index in [1.54, 1.807) is 36.4 Å². The highest BCUT2D eigenvalue weighted by molar-refractivity contribution is 6.30. The van der Waals surface area contributed by atoms with E-state index in [1.165, 1.54) is 25.3 Å². The van der Waals surface area contributed by atoms with Crippen LogP contribution in [0.2, 0.25) is 5.02 Å². The van der Waals surface area contributed by atoms with E-state index in [2.05, 4.69) is 0 Å². The van der Waals surface area contributed by atoms with Crippen LogP contribution in [-0.2, 0) is 4.79 Å². The Kier molecular flexibility index (Phi) is 5.10. The van der Waals surface area contributed by atoms with Crippen LogP contribution in [0.1, 0.15) is 39.4 Å². The molecule has 2 N–H and O–H groups in total. The zero-order valence-corrected chi connectivity index (χ0v) is 16.6. The number of hydrogen-bond acceptors (Lipinski definition) is 6. The molecule has 4 rings (SSSR count). The van der Waals surface area contributed by atoms with Gasteiger partial charge in [-0.1, -0.05) is 17.7 Å². The van der Waals surface area contributed by atoms with Gasteiger partial charge < -0.3 is 19.7 Å². The molecule has 1 heterocycles. The summed E-state index contributed by atoms with van der Waals surface area (Å²) in [5.74, 6) is -1.36. The number of ketones is 1. The highest BCUT2D eigenvalue weighted by Gasteiger charge is 2.33. The first-order chi connectivity index (χ1) is 14.4. The Bertz CT molecular complexity index is 1150. The number of carbonyl (C=O) groups excluding carboxylic acids is 2. The van der Waals surface area contributed by atoms with Crippen molar-refractivity contribution < 1.29 is 29.3 Å². The molecule has 0 amide bonds. The molecular weight excluding hydrogens is 408 g/mol. The first-order valence-corrected chi connectivity index (χ1v) is 9.50. The molecule has 0 bridgehead atoms.